The van der Waals surface area contributed by atoms with E-state index in [9.17, 15) is 14.0 Å². The van der Waals surface area contributed by atoms with E-state index in [1.54, 1.807) is 6.92 Å². The second-order valence-electron chi connectivity index (χ2n) is 5.92. The SMILES string of the molecule is CCc1ccc([C@H](C)NC(=O)COC(=O)c2ccc(C)c(F)c2)cc1. The molecule has 2 rings (SSSR count). The maximum atomic E-state index is 13.5. The summed E-state index contributed by atoms with van der Waals surface area (Å²) < 4.78 is 18.4. The first-order chi connectivity index (χ1) is 11.9. The quantitative estimate of drug-likeness (QED) is 0.813. The summed E-state index contributed by atoms with van der Waals surface area (Å²) in [7, 11) is 0. The van der Waals surface area contributed by atoms with Gasteiger partial charge in [0.1, 0.15) is 5.82 Å². The molecule has 1 atom stereocenters. The number of hydrogen-bond donors (Lipinski definition) is 1. The van der Waals surface area contributed by atoms with E-state index in [0.717, 1.165) is 18.1 Å². The maximum Gasteiger partial charge on any atom is 0.338 e. The molecule has 5 heteroatoms. The fourth-order valence-corrected chi connectivity index (χ4v) is 2.34. The minimum absolute atomic E-state index is 0.0825. The largest absolute Gasteiger partial charge is 0.452 e. The minimum Gasteiger partial charge on any atom is -0.452 e. The Kier molecular flexibility index (Phi) is 6.28. The molecule has 0 aromatic heterocycles. The van der Waals surface area contributed by atoms with Crippen LogP contribution in [-0.2, 0) is 16.0 Å². The standard InChI is InChI=1S/C20H22FNO3/c1-4-15-6-9-16(10-7-15)14(3)22-19(23)12-25-20(24)17-8-5-13(2)18(21)11-17/h5-11,14H,4,12H2,1-3H3,(H,22,23)/t14-/m0/s1. The molecule has 1 amide bonds. The van der Waals surface area contributed by atoms with Crippen LogP contribution in [-0.4, -0.2) is 18.5 Å². The molecule has 132 valence electrons. The number of nitrogens with one attached hydrogen (secondary N) is 1. The van der Waals surface area contributed by atoms with Gasteiger partial charge in [-0.25, -0.2) is 9.18 Å². The molecule has 0 radical (unpaired) electrons. The predicted molar refractivity (Wildman–Crippen MR) is 93.8 cm³/mol. The summed E-state index contributed by atoms with van der Waals surface area (Å²) in [6.07, 6.45) is 0.955. The van der Waals surface area contributed by atoms with E-state index in [-0.39, 0.29) is 11.6 Å². The molecule has 2 aromatic rings. The molecular formula is C20H22FNO3. The van der Waals surface area contributed by atoms with Gasteiger partial charge in [0.05, 0.1) is 11.6 Å². The van der Waals surface area contributed by atoms with Crippen molar-refractivity contribution in [2.75, 3.05) is 6.61 Å². The third-order valence-electron chi connectivity index (χ3n) is 4.01. The summed E-state index contributed by atoms with van der Waals surface area (Å²) in [6.45, 7) is 5.13. The predicted octanol–water partition coefficient (Wildman–Crippen LogP) is 3.73. The van der Waals surface area contributed by atoms with Gasteiger partial charge in [0.15, 0.2) is 6.61 Å². The highest BCUT2D eigenvalue weighted by Crippen LogP contribution is 2.14. The Hall–Kier alpha value is -2.69. The van der Waals surface area contributed by atoms with Crippen molar-refractivity contribution < 1.29 is 18.7 Å². The van der Waals surface area contributed by atoms with Gasteiger partial charge in [-0.3, -0.25) is 4.79 Å². The number of halogens is 1. The molecule has 0 saturated heterocycles. The molecule has 0 unspecified atom stereocenters. The first kappa shape index (κ1) is 18.6. The topological polar surface area (TPSA) is 55.4 Å². The molecule has 0 fully saturated rings. The Morgan fingerprint density at radius 2 is 1.84 bits per heavy atom. The molecule has 0 aliphatic heterocycles. The van der Waals surface area contributed by atoms with E-state index < -0.39 is 24.3 Å². The lowest BCUT2D eigenvalue weighted by atomic mass is 10.1. The van der Waals surface area contributed by atoms with E-state index in [1.165, 1.54) is 17.7 Å². The van der Waals surface area contributed by atoms with Gasteiger partial charge in [-0.1, -0.05) is 37.3 Å². The number of aryl methyl sites for hydroxylation is 2. The highest BCUT2D eigenvalue weighted by atomic mass is 19.1. The van der Waals surface area contributed by atoms with Crippen LogP contribution in [0, 0.1) is 12.7 Å². The monoisotopic (exact) mass is 343 g/mol. The molecule has 0 aliphatic rings. The van der Waals surface area contributed by atoms with Crippen molar-refractivity contribution in [3.63, 3.8) is 0 Å². The van der Waals surface area contributed by atoms with Gasteiger partial charge in [-0.05, 0) is 49.1 Å². The molecule has 25 heavy (non-hydrogen) atoms. The molecule has 0 aliphatic carbocycles. The van der Waals surface area contributed by atoms with Gasteiger partial charge in [0.2, 0.25) is 0 Å². The van der Waals surface area contributed by atoms with Gasteiger partial charge >= 0.3 is 5.97 Å². The lowest BCUT2D eigenvalue weighted by molar-refractivity contribution is -0.124. The molecule has 0 spiro atoms. The van der Waals surface area contributed by atoms with Gasteiger partial charge in [-0.2, -0.15) is 0 Å². The summed E-state index contributed by atoms with van der Waals surface area (Å²) in [5.74, 6) is -1.62. The molecule has 0 saturated carbocycles. The van der Waals surface area contributed by atoms with Crippen molar-refractivity contribution in [2.24, 2.45) is 0 Å². The van der Waals surface area contributed by atoms with Gasteiger partial charge in [-0.15, -0.1) is 0 Å². The summed E-state index contributed by atoms with van der Waals surface area (Å²) >= 11 is 0. The second kappa shape index (κ2) is 8.42. The van der Waals surface area contributed by atoms with Crippen LogP contribution in [0.25, 0.3) is 0 Å². The zero-order valence-electron chi connectivity index (χ0n) is 14.6. The van der Waals surface area contributed by atoms with Crippen molar-refractivity contribution in [3.8, 4) is 0 Å². The number of rotatable bonds is 6. The lowest BCUT2D eigenvalue weighted by Gasteiger charge is -2.15. The van der Waals surface area contributed by atoms with Crippen LogP contribution in [0.15, 0.2) is 42.5 Å². The molecule has 0 bridgehead atoms. The van der Waals surface area contributed by atoms with Gasteiger partial charge < -0.3 is 10.1 Å². The van der Waals surface area contributed by atoms with Crippen molar-refractivity contribution in [1.29, 1.82) is 0 Å². The van der Waals surface area contributed by atoms with Crippen LogP contribution >= 0.6 is 0 Å². The minimum atomic E-state index is -0.728. The number of carbonyl (C=O) groups is 2. The lowest BCUT2D eigenvalue weighted by Crippen LogP contribution is -2.31. The van der Waals surface area contributed by atoms with Crippen LogP contribution < -0.4 is 5.32 Å². The number of ether oxygens (including phenoxy) is 1. The van der Waals surface area contributed by atoms with Crippen LogP contribution in [0.1, 0.15) is 46.9 Å². The zero-order valence-corrected chi connectivity index (χ0v) is 14.6. The summed E-state index contributed by atoms with van der Waals surface area (Å²) in [4.78, 5) is 23.8. The smallest absolute Gasteiger partial charge is 0.338 e. The zero-order chi connectivity index (χ0) is 18.4. The Labute approximate surface area is 147 Å². The first-order valence-electron chi connectivity index (χ1n) is 8.22. The average Bonchev–Trinajstić information content (AvgIpc) is 2.62. The van der Waals surface area contributed by atoms with E-state index in [4.69, 9.17) is 4.74 Å². The van der Waals surface area contributed by atoms with Gasteiger partial charge in [0, 0.05) is 0 Å². The van der Waals surface area contributed by atoms with Crippen LogP contribution in [0.5, 0.6) is 0 Å². The number of amides is 1. The van der Waals surface area contributed by atoms with Crippen molar-refractivity contribution in [1.82, 2.24) is 5.32 Å². The molecule has 1 N–H and O–H groups in total. The maximum absolute atomic E-state index is 13.5. The summed E-state index contributed by atoms with van der Waals surface area (Å²) in [5, 5.41) is 2.77. The summed E-state index contributed by atoms with van der Waals surface area (Å²) in [5.41, 5.74) is 2.72. The fraction of sp³-hybridized carbons (Fsp3) is 0.300. The Morgan fingerprint density at radius 3 is 2.44 bits per heavy atom. The van der Waals surface area contributed by atoms with Crippen LogP contribution in [0.4, 0.5) is 4.39 Å². The van der Waals surface area contributed by atoms with Crippen molar-refractivity contribution in [3.05, 3.63) is 70.5 Å². The molecule has 4 nitrogen and oxygen atoms in total. The van der Waals surface area contributed by atoms with Gasteiger partial charge in [0.25, 0.3) is 5.91 Å². The first-order valence-corrected chi connectivity index (χ1v) is 8.22. The average molecular weight is 343 g/mol. The summed E-state index contributed by atoms with van der Waals surface area (Å²) in [6, 6.07) is 11.8. The van der Waals surface area contributed by atoms with Crippen LogP contribution in [0.3, 0.4) is 0 Å². The Bertz CT molecular complexity index is 756. The highest BCUT2D eigenvalue weighted by molar-refractivity contribution is 5.91. The van der Waals surface area contributed by atoms with Crippen molar-refractivity contribution in [2.45, 2.75) is 33.2 Å². The van der Waals surface area contributed by atoms with E-state index >= 15 is 0 Å². The van der Waals surface area contributed by atoms with E-state index in [1.807, 2.05) is 31.2 Å². The highest BCUT2D eigenvalue weighted by Gasteiger charge is 2.14. The Morgan fingerprint density at radius 1 is 1.16 bits per heavy atom. The third-order valence-corrected chi connectivity index (χ3v) is 4.01. The number of esters is 1. The molecule has 0 heterocycles. The molecule has 2 aromatic carbocycles. The van der Waals surface area contributed by atoms with E-state index in [2.05, 4.69) is 12.2 Å². The van der Waals surface area contributed by atoms with Crippen LogP contribution in [0.2, 0.25) is 0 Å². The molecular weight excluding hydrogens is 321 g/mol. The van der Waals surface area contributed by atoms with Crippen molar-refractivity contribution >= 4 is 11.9 Å². The second-order valence-corrected chi connectivity index (χ2v) is 5.92. The van der Waals surface area contributed by atoms with E-state index in [0.29, 0.717) is 5.56 Å². The normalized spacial score (nSPS) is 11.7. The number of benzene rings is 2. The third kappa shape index (κ3) is 5.14. The Balaban J connectivity index is 1.86. The number of hydrogen-bond acceptors (Lipinski definition) is 3. The number of carbonyl (C=O) groups excluding carboxylic acids is 2. The fourth-order valence-electron chi connectivity index (χ4n) is 2.34.